The minimum atomic E-state index is -0.413. The number of benzene rings is 1. The molecule has 0 spiro atoms. The van der Waals surface area contributed by atoms with Gasteiger partial charge in [-0.3, -0.25) is 0 Å². The van der Waals surface area contributed by atoms with Crippen LogP contribution in [-0.4, -0.2) is 22.4 Å². The topological polar surface area (TPSA) is 44.1 Å². The molecule has 3 aromatic rings. The van der Waals surface area contributed by atoms with E-state index in [1.807, 2.05) is 47.2 Å². The Labute approximate surface area is 138 Å². The van der Waals surface area contributed by atoms with Crippen LogP contribution < -0.4 is 0 Å². The summed E-state index contributed by atoms with van der Waals surface area (Å²) in [5.74, 6) is 5.71. The van der Waals surface area contributed by atoms with Gasteiger partial charge in [0.2, 0.25) is 0 Å². The highest BCUT2D eigenvalue weighted by atomic mass is 32.1. The first-order valence-corrected chi connectivity index (χ1v) is 8.08. The van der Waals surface area contributed by atoms with Crippen LogP contribution in [0.4, 0.5) is 0 Å². The Morgan fingerprint density at radius 1 is 1.26 bits per heavy atom. The first kappa shape index (κ1) is 15.1. The van der Waals surface area contributed by atoms with Crippen LogP contribution in [0.5, 0.6) is 0 Å². The molecule has 0 aliphatic rings. The first-order valence-electron chi connectivity index (χ1n) is 7.14. The minimum Gasteiger partial charge on any atom is -0.462 e. The molecule has 0 unspecified atom stereocenters. The number of esters is 1. The van der Waals surface area contributed by atoms with E-state index in [4.69, 9.17) is 4.74 Å². The normalized spacial score (nSPS) is 9.96. The fraction of sp³-hybridized carbons (Fsp3) is 0.111. The van der Waals surface area contributed by atoms with Gasteiger partial charge >= 0.3 is 5.97 Å². The van der Waals surface area contributed by atoms with Crippen molar-refractivity contribution in [3.8, 4) is 17.5 Å². The SMILES string of the molecule is CCOC(=O)c1cnn(-c2ccccc2)c1C#Cc1ccsc1. The zero-order valence-electron chi connectivity index (χ0n) is 12.5. The number of hydrogen-bond donors (Lipinski definition) is 0. The Kier molecular flexibility index (Phi) is 4.55. The Morgan fingerprint density at radius 2 is 2.09 bits per heavy atom. The third-order valence-corrected chi connectivity index (χ3v) is 3.79. The molecule has 0 atom stereocenters. The van der Waals surface area contributed by atoms with Gasteiger partial charge in [0.1, 0.15) is 11.3 Å². The van der Waals surface area contributed by atoms with Gasteiger partial charge < -0.3 is 4.74 Å². The zero-order chi connectivity index (χ0) is 16.1. The van der Waals surface area contributed by atoms with Gasteiger partial charge in [-0.2, -0.15) is 16.4 Å². The summed E-state index contributed by atoms with van der Waals surface area (Å²) in [6, 6.07) is 11.5. The lowest BCUT2D eigenvalue weighted by Gasteiger charge is -2.04. The molecule has 0 amide bonds. The summed E-state index contributed by atoms with van der Waals surface area (Å²) in [7, 11) is 0. The van der Waals surface area contributed by atoms with Crippen molar-refractivity contribution < 1.29 is 9.53 Å². The standard InChI is InChI=1S/C18H14N2O2S/c1-2-22-18(21)16-12-19-20(15-6-4-3-5-7-15)17(16)9-8-14-10-11-23-13-14/h3-7,10-13H,2H2,1H3. The van der Waals surface area contributed by atoms with Gasteiger partial charge in [-0.05, 0) is 36.4 Å². The number of carbonyl (C=O) groups excluding carboxylic acids is 1. The highest BCUT2D eigenvalue weighted by Gasteiger charge is 2.18. The molecule has 23 heavy (non-hydrogen) atoms. The summed E-state index contributed by atoms with van der Waals surface area (Å²) in [6.45, 7) is 2.09. The second-order valence-corrected chi connectivity index (χ2v) is 5.42. The maximum absolute atomic E-state index is 12.1. The van der Waals surface area contributed by atoms with Crippen LogP contribution >= 0.6 is 11.3 Å². The van der Waals surface area contributed by atoms with E-state index in [0.29, 0.717) is 17.9 Å². The monoisotopic (exact) mass is 322 g/mol. The van der Waals surface area contributed by atoms with Crippen LogP contribution in [0.3, 0.4) is 0 Å². The van der Waals surface area contributed by atoms with Crippen molar-refractivity contribution in [1.29, 1.82) is 0 Å². The summed E-state index contributed by atoms with van der Waals surface area (Å²) in [5.41, 5.74) is 2.66. The molecule has 0 aliphatic heterocycles. The van der Waals surface area contributed by atoms with Crippen LogP contribution in [0.1, 0.15) is 28.5 Å². The number of carbonyl (C=O) groups is 1. The Bertz CT molecular complexity index is 856. The molecule has 0 saturated heterocycles. The van der Waals surface area contributed by atoms with Gasteiger partial charge in [0, 0.05) is 10.9 Å². The lowest BCUT2D eigenvalue weighted by molar-refractivity contribution is 0.0526. The predicted molar refractivity (Wildman–Crippen MR) is 89.8 cm³/mol. The summed E-state index contributed by atoms with van der Waals surface area (Å²) in [6.07, 6.45) is 1.50. The van der Waals surface area contributed by atoms with Crippen molar-refractivity contribution in [1.82, 2.24) is 9.78 Å². The number of aromatic nitrogens is 2. The van der Waals surface area contributed by atoms with Crippen LogP contribution in [0.25, 0.3) is 5.69 Å². The van der Waals surface area contributed by atoms with Crippen LogP contribution in [0.2, 0.25) is 0 Å². The average Bonchev–Trinajstić information content (AvgIpc) is 3.23. The average molecular weight is 322 g/mol. The molecule has 114 valence electrons. The molecule has 0 radical (unpaired) electrons. The largest absolute Gasteiger partial charge is 0.462 e. The van der Waals surface area contributed by atoms with E-state index in [1.165, 1.54) is 6.20 Å². The zero-order valence-corrected chi connectivity index (χ0v) is 13.3. The molecule has 0 fully saturated rings. The molecule has 5 heteroatoms. The molecular formula is C18H14N2O2S. The highest BCUT2D eigenvalue weighted by molar-refractivity contribution is 7.08. The number of hydrogen-bond acceptors (Lipinski definition) is 4. The van der Waals surface area contributed by atoms with E-state index in [9.17, 15) is 4.79 Å². The van der Waals surface area contributed by atoms with E-state index < -0.39 is 5.97 Å². The lowest BCUT2D eigenvalue weighted by atomic mass is 10.2. The summed E-state index contributed by atoms with van der Waals surface area (Å²) < 4.78 is 6.76. The fourth-order valence-corrected chi connectivity index (χ4v) is 2.65. The maximum Gasteiger partial charge on any atom is 0.342 e. The van der Waals surface area contributed by atoms with Gasteiger partial charge in [0.05, 0.1) is 18.5 Å². The number of rotatable bonds is 3. The number of nitrogens with zero attached hydrogens (tertiary/aromatic N) is 2. The van der Waals surface area contributed by atoms with Crippen molar-refractivity contribution in [2.45, 2.75) is 6.92 Å². The van der Waals surface area contributed by atoms with Gasteiger partial charge in [-0.1, -0.05) is 24.1 Å². The molecule has 0 bridgehead atoms. The van der Waals surface area contributed by atoms with E-state index in [2.05, 4.69) is 16.9 Å². The second-order valence-electron chi connectivity index (χ2n) is 4.64. The fourth-order valence-electron chi connectivity index (χ4n) is 2.06. The predicted octanol–water partition coefficient (Wildman–Crippen LogP) is 3.51. The molecule has 3 rings (SSSR count). The minimum absolute atomic E-state index is 0.312. The summed E-state index contributed by atoms with van der Waals surface area (Å²) >= 11 is 1.58. The van der Waals surface area contributed by atoms with E-state index in [0.717, 1.165) is 11.3 Å². The Hall–Kier alpha value is -2.84. The molecule has 0 N–H and O–H groups in total. The van der Waals surface area contributed by atoms with Crippen LogP contribution in [0.15, 0.2) is 53.4 Å². The molecule has 2 heterocycles. The van der Waals surface area contributed by atoms with Gasteiger partial charge in [-0.15, -0.1) is 0 Å². The smallest absolute Gasteiger partial charge is 0.342 e. The number of ether oxygens (including phenoxy) is 1. The van der Waals surface area contributed by atoms with Crippen LogP contribution in [0, 0.1) is 11.8 Å². The molecule has 0 saturated carbocycles. The van der Waals surface area contributed by atoms with Gasteiger partial charge in [0.25, 0.3) is 0 Å². The number of thiophene rings is 1. The first-order chi connectivity index (χ1) is 11.3. The molecular weight excluding hydrogens is 308 g/mol. The van der Waals surface area contributed by atoms with E-state index in [1.54, 1.807) is 22.9 Å². The number of para-hydroxylation sites is 1. The maximum atomic E-state index is 12.1. The third-order valence-electron chi connectivity index (χ3n) is 3.11. The molecule has 2 aromatic heterocycles. The Balaban J connectivity index is 2.08. The van der Waals surface area contributed by atoms with Crippen LogP contribution in [-0.2, 0) is 4.74 Å². The molecule has 4 nitrogen and oxygen atoms in total. The van der Waals surface area contributed by atoms with Crippen molar-refractivity contribution in [3.63, 3.8) is 0 Å². The second kappa shape index (κ2) is 6.95. The van der Waals surface area contributed by atoms with Crippen molar-refractivity contribution in [2.24, 2.45) is 0 Å². The van der Waals surface area contributed by atoms with E-state index in [-0.39, 0.29) is 0 Å². The highest BCUT2D eigenvalue weighted by Crippen LogP contribution is 2.15. The van der Waals surface area contributed by atoms with Gasteiger partial charge in [-0.25, -0.2) is 9.48 Å². The quantitative estimate of drug-likeness (QED) is 0.547. The van der Waals surface area contributed by atoms with Crippen molar-refractivity contribution in [2.75, 3.05) is 6.61 Å². The Morgan fingerprint density at radius 3 is 2.78 bits per heavy atom. The summed E-state index contributed by atoms with van der Waals surface area (Å²) in [5, 5.41) is 8.23. The van der Waals surface area contributed by atoms with E-state index >= 15 is 0 Å². The van der Waals surface area contributed by atoms with Crippen molar-refractivity contribution >= 4 is 17.3 Å². The summed E-state index contributed by atoms with van der Waals surface area (Å²) in [4.78, 5) is 12.1. The van der Waals surface area contributed by atoms with Crippen molar-refractivity contribution in [3.05, 3.63) is 70.2 Å². The lowest BCUT2D eigenvalue weighted by Crippen LogP contribution is -2.07. The third kappa shape index (κ3) is 3.33. The van der Waals surface area contributed by atoms with Gasteiger partial charge in [0.15, 0.2) is 0 Å². The molecule has 0 aliphatic carbocycles. The molecule has 1 aromatic carbocycles.